The van der Waals surface area contributed by atoms with Crippen molar-refractivity contribution in [1.82, 2.24) is 0 Å². The molecule has 2 heterocycles. The molecule has 0 radical (unpaired) electrons. The van der Waals surface area contributed by atoms with Gasteiger partial charge in [0.2, 0.25) is 0 Å². The number of hydrogen-bond donors (Lipinski definition) is 0. The maximum absolute atomic E-state index is 6.51. The van der Waals surface area contributed by atoms with Crippen LogP contribution in [0.15, 0.2) is 173 Å². The number of nitrogens with zero attached hydrogens (tertiary/aromatic N) is 1. The summed E-state index contributed by atoms with van der Waals surface area (Å²) in [7, 11) is 0. The standard InChI is InChI=1S/C50H39NO/c1-31-28-29-48(2)39-19-11-12-20-41(39)51(34-24-22-33(23-25-34)32-14-6-5-7-15-32)49(3)30-40-36-26-27-43-45(37-17-9-13-21-42(37)52-43)44(36)35-16-8-10-18-38(35)50(40,4)46(31)47(48)49/h5-31H,1-4H3. The number of para-hydroxylation sites is 2. The summed E-state index contributed by atoms with van der Waals surface area (Å²) in [6.45, 7) is 9.86. The van der Waals surface area contributed by atoms with E-state index in [4.69, 9.17) is 4.42 Å². The summed E-state index contributed by atoms with van der Waals surface area (Å²) in [6, 6.07) is 51.3. The number of benzene rings is 6. The van der Waals surface area contributed by atoms with Crippen molar-refractivity contribution in [3.63, 3.8) is 0 Å². The Morgan fingerprint density at radius 1 is 0.615 bits per heavy atom. The Bertz CT molecular complexity index is 2740. The first-order valence-corrected chi connectivity index (χ1v) is 18.6. The Hall–Kier alpha value is -5.86. The van der Waals surface area contributed by atoms with Gasteiger partial charge in [-0.3, -0.25) is 0 Å². The number of allylic oxidation sites excluding steroid dienone is 4. The number of rotatable bonds is 2. The molecule has 0 saturated heterocycles. The minimum absolute atomic E-state index is 0.247. The van der Waals surface area contributed by atoms with Crippen molar-refractivity contribution in [2.45, 2.75) is 44.1 Å². The highest BCUT2D eigenvalue weighted by molar-refractivity contribution is 6.17. The topological polar surface area (TPSA) is 16.4 Å². The second kappa shape index (κ2) is 10.1. The van der Waals surface area contributed by atoms with Crippen molar-refractivity contribution >= 4 is 38.9 Å². The molecule has 0 spiro atoms. The van der Waals surface area contributed by atoms with E-state index in [1.165, 1.54) is 77.8 Å². The van der Waals surface area contributed by atoms with Crippen molar-refractivity contribution < 1.29 is 4.42 Å². The van der Waals surface area contributed by atoms with E-state index in [-0.39, 0.29) is 16.7 Å². The highest BCUT2D eigenvalue weighted by atomic mass is 16.3. The average molecular weight is 670 g/mol. The van der Waals surface area contributed by atoms with Gasteiger partial charge in [-0.25, -0.2) is 0 Å². The molecule has 0 N–H and O–H groups in total. The normalized spacial score (nSPS) is 25.3. The van der Waals surface area contributed by atoms with E-state index in [1.807, 2.05) is 0 Å². The summed E-state index contributed by atoms with van der Waals surface area (Å²) in [6.07, 6.45) is 7.65. The van der Waals surface area contributed by atoms with Crippen LogP contribution in [0.1, 0.15) is 44.4 Å². The minimum atomic E-state index is -0.461. The maximum Gasteiger partial charge on any atom is 0.136 e. The summed E-state index contributed by atoms with van der Waals surface area (Å²) >= 11 is 0. The van der Waals surface area contributed by atoms with Crippen molar-refractivity contribution in [1.29, 1.82) is 0 Å². The lowest BCUT2D eigenvalue weighted by atomic mass is 9.48. The summed E-state index contributed by atoms with van der Waals surface area (Å²) in [5, 5.41) is 2.38. The zero-order valence-corrected chi connectivity index (χ0v) is 29.9. The van der Waals surface area contributed by atoms with Gasteiger partial charge in [0.15, 0.2) is 0 Å². The molecule has 0 saturated carbocycles. The van der Waals surface area contributed by atoms with Gasteiger partial charge < -0.3 is 9.32 Å². The van der Waals surface area contributed by atoms with Crippen LogP contribution in [0, 0.1) is 5.92 Å². The molecule has 2 heteroatoms. The van der Waals surface area contributed by atoms with Crippen molar-refractivity contribution in [3.05, 3.63) is 186 Å². The Morgan fingerprint density at radius 3 is 2.13 bits per heavy atom. The molecule has 11 rings (SSSR count). The Kier molecular flexibility index (Phi) is 5.82. The molecule has 6 aromatic carbocycles. The smallest absolute Gasteiger partial charge is 0.136 e. The van der Waals surface area contributed by atoms with Crippen LogP contribution in [0.2, 0.25) is 0 Å². The first-order valence-electron chi connectivity index (χ1n) is 18.6. The van der Waals surface area contributed by atoms with Crippen LogP contribution >= 0.6 is 0 Å². The molecule has 0 amide bonds. The van der Waals surface area contributed by atoms with E-state index < -0.39 is 5.54 Å². The zero-order valence-electron chi connectivity index (χ0n) is 29.9. The van der Waals surface area contributed by atoms with E-state index in [9.17, 15) is 0 Å². The molecule has 2 nitrogen and oxygen atoms in total. The molecule has 250 valence electrons. The van der Waals surface area contributed by atoms with Crippen LogP contribution in [0.5, 0.6) is 0 Å². The molecular formula is C50H39NO. The third-order valence-electron chi connectivity index (χ3n) is 12.9. The van der Waals surface area contributed by atoms with Gasteiger partial charge >= 0.3 is 0 Å². The van der Waals surface area contributed by atoms with E-state index in [0.717, 1.165) is 11.2 Å². The molecule has 4 aliphatic rings. The first kappa shape index (κ1) is 29.8. The SMILES string of the molecule is CC1C=CC2(C)C3=C1C1(C)C(=CC3(C)N(c3ccc(-c4ccccc4)cc3)c3ccccc32)c2ccc3oc4ccccc4c3c2-c2ccccc21. The summed E-state index contributed by atoms with van der Waals surface area (Å²) < 4.78 is 6.51. The van der Waals surface area contributed by atoms with Crippen molar-refractivity contribution in [2.24, 2.45) is 5.92 Å². The number of furan rings is 1. The van der Waals surface area contributed by atoms with Gasteiger partial charge in [-0.1, -0.05) is 128 Å². The largest absolute Gasteiger partial charge is 0.456 e. The fourth-order valence-electron chi connectivity index (χ4n) is 10.9. The molecule has 7 aromatic rings. The van der Waals surface area contributed by atoms with Gasteiger partial charge in [0.25, 0.3) is 0 Å². The molecular weight excluding hydrogens is 631 g/mol. The fourth-order valence-corrected chi connectivity index (χ4v) is 10.9. The minimum Gasteiger partial charge on any atom is -0.456 e. The second-order valence-corrected chi connectivity index (χ2v) is 15.7. The highest BCUT2D eigenvalue weighted by Gasteiger charge is 2.60. The van der Waals surface area contributed by atoms with Crippen LogP contribution < -0.4 is 4.90 Å². The highest BCUT2D eigenvalue weighted by Crippen LogP contribution is 2.67. The molecule has 4 unspecified atom stereocenters. The Labute approximate surface area is 305 Å². The molecule has 52 heavy (non-hydrogen) atoms. The summed E-state index contributed by atoms with van der Waals surface area (Å²) in [5.74, 6) is 0.247. The van der Waals surface area contributed by atoms with Crippen LogP contribution in [0.4, 0.5) is 11.4 Å². The lowest BCUT2D eigenvalue weighted by Gasteiger charge is -2.61. The summed E-state index contributed by atoms with van der Waals surface area (Å²) in [5.41, 5.74) is 16.7. The molecule has 1 aromatic heterocycles. The Balaban J connectivity index is 1.25. The van der Waals surface area contributed by atoms with Gasteiger partial charge in [0, 0.05) is 38.5 Å². The first-order chi connectivity index (χ1) is 25.3. The monoisotopic (exact) mass is 669 g/mol. The number of fused-ring (bicyclic) bond motifs is 13. The second-order valence-electron chi connectivity index (χ2n) is 15.7. The van der Waals surface area contributed by atoms with Crippen molar-refractivity contribution in [2.75, 3.05) is 4.90 Å². The van der Waals surface area contributed by atoms with Gasteiger partial charge in [0.05, 0.1) is 5.54 Å². The molecule has 0 fully saturated rings. The lowest BCUT2D eigenvalue weighted by Crippen LogP contribution is -2.59. The van der Waals surface area contributed by atoms with E-state index in [0.29, 0.717) is 0 Å². The van der Waals surface area contributed by atoms with E-state index in [1.54, 1.807) is 0 Å². The maximum atomic E-state index is 6.51. The summed E-state index contributed by atoms with van der Waals surface area (Å²) in [4.78, 5) is 2.64. The fraction of sp³-hybridized carbons (Fsp3) is 0.160. The predicted octanol–water partition coefficient (Wildman–Crippen LogP) is 13.0. The molecule has 1 aliphatic heterocycles. The molecule has 3 aliphatic carbocycles. The predicted molar refractivity (Wildman–Crippen MR) is 216 cm³/mol. The third-order valence-corrected chi connectivity index (χ3v) is 12.9. The van der Waals surface area contributed by atoms with Crippen LogP contribution in [0.25, 0.3) is 49.8 Å². The van der Waals surface area contributed by atoms with Gasteiger partial charge in [-0.05, 0) is 113 Å². The number of hydrogen-bond acceptors (Lipinski definition) is 2. The van der Waals surface area contributed by atoms with Crippen LogP contribution in [0.3, 0.4) is 0 Å². The van der Waals surface area contributed by atoms with E-state index >= 15 is 0 Å². The Morgan fingerprint density at radius 2 is 1.31 bits per heavy atom. The van der Waals surface area contributed by atoms with Crippen LogP contribution in [-0.4, -0.2) is 5.54 Å². The average Bonchev–Trinajstić information content (AvgIpc) is 3.56. The number of anilines is 2. The lowest BCUT2D eigenvalue weighted by molar-refractivity contribution is 0.447. The van der Waals surface area contributed by atoms with Gasteiger partial charge in [-0.15, -0.1) is 0 Å². The molecule has 4 atom stereocenters. The quantitative estimate of drug-likeness (QED) is 0.170. The zero-order chi connectivity index (χ0) is 35.0. The van der Waals surface area contributed by atoms with E-state index in [2.05, 4.69) is 190 Å². The third kappa shape index (κ3) is 3.60. The van der Waals surface area contributed by atoms with Gasteiger partial charge in [0.1, 0.15) is 11.2 Å². The van der Waals surface area contributed by atoms with Crippen LogP contribution in [-0.2, 0) is 10.8 Å². The molecule has 0 bridgehead atoms. The van der Waals surface area contributed by atoms with Gasteiger partial charge in [-0.2, -0.15) is 0 Å². The van der Waals surface area contributed by atoms with Crippen molar-refractivity contribution in [3.8, 4) is 22.3 Å².